The van der Waals surface area contributed by atoms with Crippen LogP contribution in [-0.4, -0.2) is 4.98 Å². The number of nitrogens with zero attached hydrogens (tertiary/aromatic N) is 1. The molecule has 0 bridgehead atoms. The highest BCUT2D eigenvalue weighted by Crippen LogP contribution is 2.25. The van der Waals surface area contributed by atoms with Gasteiger partial charge in [0, 0.05) is 12.1 Å². The van der Waals surface area contributed by atoms with Crippen molar-refractivity contribution in [3.63, 3.8) is 0 Å². The summed E-state index contributed by atoms with van der Waals surface area (Å²) in [5.41, 5.74) is 0.416. The molecule has 0 aliphatic rings. The van der Waals surface area contributed by atoms with Crippen LogP contribution in [0, 0.1) is 11.6 Å². The molecule has 13 heavy (non-hydrogen) atoms. The number of rotatable bonds is 1. The fourth-order valence-corrected chi connectivity index (χ4v) is 2.05. The van der Waals surface area contributed by atoms with Crippen molar-refractivity contribution in [2.45, 2.75) is 13.3 Å². The molecule has 0 unspecified atom stereocenters. The molecule has 0 aliphatic carbocycles. The minimum atomic E-state index is -0.571. The Morgan fingerprint density at radius 1 is 1.38 bits per heavy atom. The van der Waals surface area contributed by atoms with Crippen molar-refractivity contribution in [2.24, 2.45) is 0 Å². The molecule has 4 heteroatoms. The number of hydrogen-bond donors (Lipinski definition) is 0. The first-order chi connectivity index (χ1) is 6.20. The van der Waals surface area contributed by atoms with Gasteiger partial charge in [-0.3, -0.25) is 0 Å². The summed E-state index contributed by atoms with van der Waals surface area (Å²) in [7, 11) is 0. The second-order valence-corrected chi connectivity index (χ2v) is 3.78. The van der Waals surface area contributed by atoms with Crippen LogP contribution >= 0.6 is 11.3 Å². The van der Waals surface area contributed by atoms with Crippen LogP contribution < -0.4 is 0 Å². The van der Waals surface area contributed by atoms with E-state index in [1.54, 1.807) is 0 Å². The monoisotopic (exact) mass is 199 g/mol. The second-order valence-electron chi connectivity index (χ2n) is 2.70. The third-order valence-corrected chi connectivity index (χ3v) is 2.98. The molecule has 0 saturated carbocycles. The number of hydrogen-bond acceptors (Lipinski definition) is 2. The number of thiazole rings is 1. The van der Waals surface area contributed by atoms with Gasteiger partial charge in [-0.05, 0) is 6.42 Å². The van der Waals surface area contributed by atoms with Crippen molar-refractivity contribution in [3.8, 4) is 0 Å². The van der Waals surface area contributed by atoms with E-state index < -0.39 is 11.6 Å². The molecule has 0 spiro atoms. The van der Waals surface area contributed by atoms with E-state index in [2.05, 4.69) is 4.98 Å². The summed E-state index contributed by atoms with van der Waals surface area (Å²) in [6, 6.07) is 2.15. The zero-order valence-electron chi connectivity index (χ0n) is 6.97. The van der Waals surface area contributed by atoms with Crippen molar-refractivity contribution in [3.05, 3.63) is 28.8 Å². The van der Waals surface area contributed by atoms with Gasteiger partial charge in [-0.2, -0.15) is 0 Å². The highest BCUT2D eigenvalue weighted by molar-refractivity contribution is 7.18. The van der Waals surface area contributed by atoms with E-state index in [0.29, 0.717) is 10.2 Å². The molecule has 1 nitrogen and oxygen atoms in total. The molecule has 1 heterocycles. The highest BCUT2D eigenvalue weighted by Gasteiger charge is 2.08. The Morgan fingerprint density at radius 2 is 2.15 bits per heavy atom. The Labute approximate surface area is 78.0 Å². The summed E-state index contributed by atoms with van der Waals surface area (Å²) in [5, 5.41) is 0.833. The van der Waals surface area contributed by atoms with Crippen LogP contribution in [0.3, 0.4) is 0 Å². The number of fused-ring (bicyclic) bond motifs is 1. The molecule has 1 aromatic carbocycles. The van der Waals surface area contributed by atoms with Crippen molar-refractivity contribution < 1.29 is 8.78 Å². The van der Waals surface area contributed by atoms with Crippen molar-refractivity contribution in [1.29, 1.82) is 0 Å². The van der Waals surface area contributed by atoms with Crippen LogP contribution in [0.1, 0.15) is 11.9 Å². The van der Waals surface area contributed by atoms with E-state index in [1.165, 1.54) is 17.4 Å². The Kier molecular flexibility index (Phi) is 2.00. The maximum absolute atomic E-state index is 13.1. The van der Waals surface area contributed by atoms with Gasteiger partial charge in [-0.1, -0.05) is 6.92 Å². The second kappa shape index (κ2) is 3.03. The summed E-state index contributed by atoms with van der Waals surface area (Å²) >= 11 is 1.28. The van der Waals surface area contributed by atoms with Gasteiger partial charge in [0.1, 0.15) is 11.6 Å². The predicted molar refractivity (Wildman–Crippen MR) is 48.9 cm³/mol. The van der Waals surface area contributed by atoms with Crippen molar-refractivity contribution >= 4 is 21.6 Å². The van der Waals surface area contributed by atoms with Crippen LogP contribution in [-0.2, 0) is 6.42 Å². The summed E-state index contributed by atoms with van der Waals surface area (Å²) in [6.45, 7) is 1.94. The first kappa shape index (κ1) is 8.56. The maximum atomic E-state index is 13.1. The lowest BCUT2D eigenvalue weighted by molar-refractivity contribution is 0.593. The van der Waals surface area contributed by atoms with Gasteiger partial charge in [0.05, 0.1) is 15.2 Å². The third-order valence-electron chi connectivity index (χ3n) is 1.76. The van der Waals surface area contributed by atoms with Gasteiger partial charge in [0.15, 0.2) is 0 Å². The van der Waals surface area contributed by atoms with Gasteiger partial charge in [-0.25, -0.2) is 13.8 Å². The zero-order chi connectivity index (χ0) is 9.42. The molecule has 0 N–H and O–H groups in total. The van der Waals surface area contributed by atoms with E-state index >= 15 is 0 Å². The average Bonchev–Trinajstić information content (AvgIpc) is 2.47. The summed E-state index contributed by atoms with van der Waals surface area (Å²) in [5.74, 6) is -1.09. The number of aromatic nitrogens is 1. The quantitative estimate of drug-likeness (QED) is 0.687. The first-order valence-electron chi connectivity index (χ1n) is 3.95. The average molecular weight is 199 g/mol. The number of aryl methyl sites for hydroxylation is 1. The molecule has 0 radical (unpaired) electrons. The molecule has 68 valence electrons. The lowest BCUT2D eigenvalue weighted by atomic mass is 10.3. The van der Waals surface area contributed by atoms with Gasteiger partial charge in [-0.15, -0.1) is 11.3 Å². The Morgan fingerprint density at radius 3 is 2.85 bits per heavy atom. The van der Waals surface area contributed by atoms with Crippen LogP contribution in [0.4, 0.5) is 8.78 Å². The van der Waals surface area contributed by atoms with Crippen molar-refractivity contribution in [1.82, 2.24) is 4.98 Å². The molecular weight excluding hydrogens is 192 g/mol. The molecule has 0 atom stereocenters. The van der Waals surface area contributed by atoms with E-state index in [1.807, 2.05) is 6.92 Å². The standard InChI is InChI=1S/C9H7F2NS/c1-2-8-12-7-4-5(10)3-6(11)9(7)13-8/h3-4H,2H2,1H3. The predicted octanol–water partition coefficient (Wildman–Crippen LogP) is 3.14. The van der Waals surface area contributed by atoms with Crippen LogP contribution in [0.2, 0.25) is 0 Å². The smallest absolute Gasteiger partial charge is 0.145 e. The zero-order valence-corrected chi connectivity index (χ0v) is 7.79. The van der Waals surface area contributed by atoms with Gasteiger partial charge in [0.25, 0.3) is 0 Å². The van der Waals surface area contributed by atoms with Gasteiger partial charge < -0.3 is 0 Å². The van der Waals surface area contributed by atoms with Gasteiger partial charge in [0.2, 0.25) is 0 Å². The fraction of sp³-hybridized carbons (Fsp3) is 0.222. The minimum Gasteiger partial charge on any atom is -0.241 e. The maximum Gasteiger partial charge on any atom is 0.145 e. The van der Waals surface area contributed by atoms with E-state index in [9.17, 15) is 8.78 Å². The summed E-state index contributed by atoms with van der Waals surface area (Å²) in [4.78, 5) is 4.09. The number of benzene rings is 1. The minimum absolute atomic E-state index is 0.416. The van der Waals surface area contributed by atoms with Crippen LogP contribution in [0.5, 0.6) is 0 Å². The normalized spacial score (nSPS) is 11.0. The first-order valence-corrected chi connectivity index (χ1v) is 4.77. The highest BCUT2D eigenvalue weighted by atomic mass is 32.1. The molecule has 2 aromatic rings. The fourth-order valence-electron chi connectivity index (χ4n) is 1.16. The lowest BCUT2D eigenvalue weighted by Gasteiger charge is -1.90. The molecule has 0 aliphatic heterocycles. The molecule has 0 amide bonds. The number of halogens is 2. The molecule has 1 aromatic heterocycles. The van der Waals surface area contributed by atoms with Gasteiger partial charge >= 0.3 is 0 Å². The SMILES string of the molecule is CCc1nc2cc(F)cc(F)c2s1. The van der Waals surface area contributed by atoms with Crippen LogP contribution in [0.25, 0.3) is 10.2 Å². The lowest BCUT2D eigenvalue weighted by Crippen LogP contribution is -1.79. The summed E-state index contributed by atoms with van der Waals surface area (Å²) in [6.07, 6.45) is 0.750. The topological polar surface area (TPSA) is 12.9 Å². The molecule has 0 saturated heterocycles. The Hall–Kier alpha value is -1.03. The van der Waals surface area contributed by atoms with Crippen molar-refractivity contribution in [2.75, 3.05) is 0 Å². The summed E-state index contributed by atoms with van der Waals surface area (Å²) < 4.78 is 26.3. The van der Waals surface area contributed by atoms with E-state index in [4.69, 9.17) is 0 Å². The largest absolute Gasteiger partial charge is 0.241 e. The third kappa shape index (κ3) is 1.42. The Balaban J connectivity index is 2.75. The van der Waals surface area contributed by atoms with E-state index in [-0.39, 0.29) is 0 Å². The Bertz CT molecular complexity index is 450. The molecule has 2 rings (SSSR count). The molecule has 0 fully saturated rings. The van der Waals surface area contributed by atoms with E-state index in [0.717, 1.165) is 17.5 Å². The van der Waals surface area contributed by atoms with Crippen LogP contribution in [0.15, 0.2) is 12.1 Å². The molecular formula is C9H7F2NS.